The van der Waals surface area contributed by atoms with E-state index in [9.17, 15) is 4.39 Å². The first-order valence-electron chi connectivity index (χ1n) is 5.94. The lowest BCUT2D eigenvalue weighted by Gasteiger charge is -2.09. The first-order chi connectivity index (χ1) is 9.47. The van der Waals surface area contributed by atoms with E-state index in [4.69, 9.17) is 34.3 Å². The molecule has 0 radical (unpaired) electrons. The summed E-state index contributed by atoms with van der Waals surface area (Å²) in [7, 11) is 0. The number of ether oxygens (including phenoxy) is 1. The molecule has 0 saturated carbocycles. The molecule has 2 rings (SSSR count). The maximum absolute atomic E-state index is 13.5. The number of nitrogens with two attached hydrogens (primary N) is 1. The molecule has 0 aliphatic carbocycles. The highest BCUT2D eigenvalue weighted by atomic mass is 35.5. The zero-order valence-corrected chi connectivity index (χ0v) is 12.4. The number of hydrogen-bond donors (Lipinski definition) is 1. The van der Waals surface area contributed by atoms with Gasteiger partial charge in [0.1, 0.15) is 23.2 Å². The van der Waals surface area contributed by atoms with Gasteiger partial charge in [-0.15, -0.1) is 0 Å². The summed E-state index contributed by atoms with van der Waals surface area (Å²) in [5.41, 5.74) is 7.42. The standard InChI is InChI=1S/C15H13ClFNOS/c1-9-6-11(3-4-13(9)16)19-8-10-2-5-14(17)12(7-10)15(18)20/h2-7H,8H2,1H3,(H2,18,20). The van der Waals surface area contributed by atoms with E-state index in [0.29, 0.717) is 17.4 Å². The fraction of sp³-hybridized carbons (Fsp3) is 0.133. The van der Waals surface area contributed by atoms with Crippen LogP contribution >= 0.6 is 23.8 Å². The largest absolute Gasteiger partial charge is 0.489 e. The molecule has 0 atom stereocenters. The fourth-order valence-corrected chi connectivity index (χ4v) is 2.00. The third-order valence-electron chi connectivity index (χ3n) is 2.83. The zero-order valence-electron chi connectivity index (χ0n) is 10.8. The van der Waals surface area contributed by atoms with Crippen LogP contribution in [0.3, 0.4) is 0 Å². The molecule has 0 aromatic heterocycles. The monoisotopic (exact) mass is 309 g/mol. The molecule has 104 valence electrons. The summed E-state index contributed by atoms with van der Waals surface area (Å²) in [6.07, 6.45) is 0. The third-order valence-corrected chi connectivity index (χ3v) is 3.48. The first kappa shape index (κ1) is 14.8. The Morgan fingerprint density at radius 1 is 1.30 bits per heavy atom. The van der Waals surface area contributed by atoms with Gasteiger partial charge >= 0.3 is 0 Å². The van der Waals surface area contributed by atoms with Gasteiger partial charge in [-0.2, -0.15) is 0 Å². The maximum atomic E-state index is 13.5. The van der Waals surface area contributed by atoms with E-state index in [-0.39, 0.29) is 10.6 Å². The van der Waals surface area contributed by atoms with Crippen molar-refractivity contribution in [2.75, 3.05) is 0 Å². The minimum Gasteiger partial charge on any atom is -0.489 e. The summed E-state index contributed by atoms with van der Waals surface area (Å²) in [6.45, 7) is 2.20. The molecule has 5 heteroatoms. The van der Waals surface area contributed by atoms with Crippen LogP contribution in [0.5, 0.6) is 5.75 Å². The number of rotatable bonds is 4. The third kappa shape index (κ3) is 3.46. The van der Waals surface area contributed by atoms with Crippen molar-refractivity contribution in [1.82, 2.24) is 0 Å². The van der Waals surface area contributed by atoms with Gasteiger partial charge in [-0.05, 0) is 48.4 Å². The number of thiocarbonyl (C=S) groups is 1. The van der Waals surface area contributed by atoms with Crippen molar-refractivity contribution in [3.63, 3.8) is 0 Å². The first-order valence-corrected chi connectivity index (χ1v) is 6.73. The molecule has 0 bridgehead atoms. The molecule has 0 amide bonds. The Hall–Kier alpha value is -1.65. The lowest BCUT2D eigenvalue weighted by atomic mass is 10.1. The summed E-state index contributed by atoms with van der Waals surface area (Å²) < 4.78 is 19.1. The van der Waals surface area contributed by atoms with Crippen LogP contribution in [0.2, 0.25) is 5.02 Å². The van der Waals surface area contributed by atoms with Crippen LogP contribution in [0.15, 0.2) is 36.4 Å². The number of aryl methyl sites for hydroxylation is 1. The molecule has 2 nitrogen and oxygen atoms in total. The van der Waals surface area contributed by atoms with E-state index >= 15 is 0 Å². The van der Waals surface area contributed by atoms with Crippen molar-refractivity contribution >= 4 is 28.8 Å². The lowest BCUT2D eigenvalue weighted by Crippen LogP contribution is -2.12. The quantitative estimate of drug-likeness (QED) is 0.867. The second-order valence-corrected chi connectivity index (χ2v) is 5.23. The summed E-state index contributed by atoms with van der Waals surface area (Å²) in [5.74, 6) is 0.275. The van der Waals surface area contributed by atoms with Crippen molar-refractivity contribution in [1.29, 1.82) is 0 Å². The predicted octanol–water partition coefficient (Wildman–Crippen LogP) is 4.00. The van der Waals surface area contributed by atoms with E-state index in [1.54, 1.807) is 24.3 Å². The van der Waals surface area contributed by atoms with E-state index in [2.05, 4.69) is 0 Å². The Balaban J connectivity index is 2.12. The summed E-state index contributed by atoms with van der Waals surface area (Å²) in [4.78, 5) is 0.0340. The molecular formula is C15H13ClFNOS. The minimum atomic E-state index is -0.427. The van der Waals surface area contributed by atoms with Crippen LogP contribution in [0.25, 0.3) is 0 Å². The molecule has 20 heavy (non-hydrogen) atoms. The van der Waals surface area contributed by atoms with Gasteiger partial charge in [0.15, 0.2) is 0 Å². The Kier molecular flexibility index (Phi) is 4.57. The summed E-state index contributed by atoms with van der Waals surface area (Å²) in [6, 6.07) is 9.98. The highest BCUT2D eigenvalue weighted by Crippen LogP contribution is 2.22. The zero-order chi connectivity index (χ0) is 14.7. The highest BCUT2D eigenvalue weighted by Gasteiger charge is 2.07. The van der Waals surface area contributed by atoms with Crippen LogP contribution in [-0.4, -0.2) is 4.99 Å². The van der Waals surface area contributed by atoms with Gasteiger partial charge in [-0.3, -0.25) is 0 Å². The van der Waals surface area contributed by atoms with E-state index in [1.807, 2.05) is 13.0 Å². The van der Waals surface area contributed by atoms with Gasteiger partial charge in [0.25, 0.3) is 0 Å². The Morgan fingerprint density at radius 2 is 2.05 bits per heavy atom. The van der Waals surface area contributed by atoms with Crippen molar-refractivity contribution in [2.24, 2.45) is 5.73 Å². The molecule has 0 heterocycles. The molecule has 2 N–H and O–H groups in total. The smallest absolute Gasteiger partial charge is 0.133 e. The molecule has 0 aliphatic heterocycles. The number of halogens is 2. The van der Waals surface area contributed by atoms with Crippen molar-refractivity contribution < 1.29 is 9.13 Å². The average Bonchev–Trinajstić information content (AvgIpc) is 2.41. The van der Waals surface area contributed by atoms with Crippen LogP contribution in [-0.2, 0) is 6.61 Å². The van der Waals surface area contributed by atoms with E-state index in [0.717, 1.165) is 11.1 Å². The van der Waals surface area contributed by atoms with Gasteiger partial charge < -0.3 is 10.5 Å². The predicted molar refractivity (Wildman–Crippen MR) is 82.8 cm³/mol. The molecule has 2 aromatic carbocycles. The molecule has 0 aliphatic rings. The number of hydrogen-bond acceptors (Lipinski definition) is 2. The summed E-state index contributed by atoms with van der Waals surface area (Å²) in [5, 5.41) is 0.690. The molecule has 0 spiro atoms. The topological polar surface area (TPSA) is 35.2 Å². The second-order valence-electron chi connectivity index (χ2n) is 4.38. The van der Waals surface area contributed by atoms with Gasteiger partial charge in [0, 0.05) is 10.6 Å². The molecule has 0 fully saturated rings. The lowest BCUT2D eigenvalue weighted by molar-refractivity contribution is 0.306. The van der Waals surface area contributed by atoms with Crippen LogP contribution < -0.4 is 10.5 Å². The molecule has 0 saturated heterocycles. The van der Waals surface area contributed by atoms with E-state index < -0.39 is 5.82 Å². The minimum absolute atomic E-state index is 0.0340. The average molecular weight is 310 g/mol. The summed E-state index contributed by atoms with van der Waals surface area (Å²) >= 11 is 10.7. The molecular weight excluding hydrogens is 297 g/mol. The highest BCUT2D eigenvalue weighted by molar-refractivity contribution is 7.80. The maximum Gasteiger partial charge on any atom is 0.133 e. The fourth-order valence-electron chi connectivity index (χ4n) is 1.72. The molecule has 0 unspecified atom stereocenters. The van der Waals surface area contributed by atoms with Crippen molar-refractivity contribution in [2.45, 2.75) is 13.5 Å². The van der Waals surface area contributed by atoms with Gasteiger partial charge in [0.2, 0.25) is 0 Å². The van der Waals surface area contributed by atoms with Crippen LogP contribution in [0, 0.1) is 12.7 Å². The van der Waals surface area contributed by atoms with E-state index in [1.165, 1.54) is 6.07 Å². The normalized spacial score (nSPS) is 10.3. The molecule has 2 aromatic rings. The van der Waals surface area contributed by atoms with Crippen LogP contribution in [0.4, 0.5) is 4.39 Å². The van der Waals surface area contributed by atoms with Gasteiger partial charge in [-0.25, -0.2) is 4.39 Å². The Labute approximate surface area is 127 Å². The van der Waals surface area contributed by atoms with Crippen LogP contribution in [0.1, 0.15) is 16.7 Å². The van der Waals surface area contributed by atoms with Gasteiger partial charge in [-0.1, -0.05) is 29.9 Å². The Morgan fingerprint density at radius 3 is 2.70 bits per heavy atom. The van der Waals surface area contributed by atoms with Crippen molar-refractivity contribution in [3.05, 3.63) is 63.9 Å². The van der Waals surface area contributed by atoms with Gasteiger partial charge in [0.05, 0.1) is 0 Å². The second kappa shape index (κ2) is 6.20. The number of benzene rings is 2. The van der Waals surface area contributed by atoms with Crippen molar-refractivity contribution in [3.8, 4) is 5.75 Å². The SMILES string of the molecule is Cc1cc(OCc2ccc(F)c(C(N)=S)c2)ccc1Cl. The Bertz CT molecular complexity index is 660.